The molecule has 2 rings (SSSR count). The molecule has 0 fully saturated rings. The number of aromatic nitrogens is 1. The van der Waals surface area contributed by atoms with Crippen LogP contribution in [-0.2, 0) is 0 Å². The second kappa shape index (κ2) is 4.00. The molecular formula is C11H6N2OS. The summed E-state index contributed by atoms with van der Waals surface area (Å²) in [6, 6.07) is 7.45. The number of thiazole rings is 1. The van der Waals surface area contributed by atoms with Gasteiger partial charge in [0.1, 0.15) is 0 Å². The Morgan fingerprint density at radius 3 is 3.13 bits per heavy atom. The van der Waals surface area contributed by atoms with E-state index in [1.165, 1.54) is 0 Å². The summed E-state index contributed by atoms with van der Waals surface area (Å²) < 4.78 is 0.892. The van der Waals surface area contributed by atoms with Crippen LogP contribution in [0.1, 0.15) is 12.0 Å². The summed E-state index contributed by atoms with van der Waals surface area (Å²) in [4.78, 5) is 13.7. The molecule has 72 valence electrons. The number of benzene rings is 1. The zero-order valence-electron chi connectivity index (χ0n) is 7.70. The molecule has 0 aliphatic heterocycles. The van der Waals surface area contributed by atoms with Crippen LogP contribution < -0.4 is 4.87 Å². The van der Waals surface area contributed by atoms with Gasteiger partial charge >= 0.3 is 4.87 Å². The molecular weight excluding hydrogens is 208 g/mol. The minimum Gasteiger partial charge on any atom is -0.312 e. The number of hydrogen-bond donors (Lipinski definition) is 1. The Labute approximate surface area is 90.0 Å². The summed E-state index contributed by atoms with van der Waals surface area (Å²) >= 11 is 1.16. The number of rotatable bonds is 0. The summed E-state index contributed by atoms with van der Waals surface area (Å²) in [6.45, 7) is 0. The van der Waals surface area contributed by atoms with Crippen molar-refractivity contribution in [2.75, 3.05) is 0 Å². The van der Waals surface area contributed by atoms with Crippen molar-refractivity contribution in [1.29, 1.82) is 5.26 Å². The predicted octanol–water partition coefficient (Wildman–Crippen LogP) is 1.85. The van der Waals surface area contributed by atoms with E-state index in [-0.39, 0.29) is 11.3 Å². The second-order valence-electron chi connectivity index (χ2n) is 2.86. The Morgan fingerprint density at radius 2 is 2.33 bits per heavy atom. The normalized spacial score (nSPS) is 9.27. The van der Waals surface area contributed by atoms with Gasteiger partial charge in [0, 0.05) is 5.56 Å². The standard InChI is InChI=1S/C11H6N2OS/c12-6-2-1-3-8-4-5-9-10(7-8)15-11(14)13-9/h4-5,7H,2H2,(H,13,14). The van der Waals surface area contributed by atoms with Gasteiger partial charge in [0.05, 0.1) is 22.7 Å². The van der Waals surface area contributed by atoms with Crippen LogP contribution in [0.4, 0.5) is 0 Å². The van der Waals surface area contributed by atoms with Crippen molar-refractivity contribution in [3.63, 3.8) is 0 Å². The predicted molar refractivity (Wildman–Crippen MR) is 59.6 cm³/mol. The highest BCUT2D eigenvalue weighted by atomic mass is 32.1. The van der Waals surface area contributed by atoms with Crippen LogP contribution in [0.15, 0.2) is 23.0 Å². The van der Waals surface area contributed by atoms with Gasteiger partial charge in [-0.3, -0.25) is 4.79 Å². The van der Waals surface area contributed by atoms with Crippen LogP contribution in [0, 0.1) is 23.2 Å². The Kier molecular flexibility index (Phi) is 2.53. The first kappa shape index (κ1) is 9.51. The van der Waals surface area contributed by atoms with Gasteiger partial charge in [-0.05, 0) is 18.2 Å². The van der Waals surface area contributed by atoms with Crippen molar-refractivity contribution in [3.05, 3.63) is 33.4 Å². The van der Waals surface area contributed by atoms with Gasteiger partial charge in [0.2, 0.25) is 0 Å². The molecule has 0 bridgehead atoms. The van der Waals surface area contributed by atoms with Gasteiger partial charge in [-0.2, -0.15) is 5.26 Å². The van der Waals surface area contributed by atoms with Crippen molar-refractivity contribution in [2.45, 2.75) is 6.42 Å². The van der Waals surface area contributed by atoms with E-state index < -0.39 is 0 Å². The number of nitrogens with one attached hydrogen (secondary N) is 1. The lowest BCUT2D eigenvalue weighted by atomic mass is 10.2. The van der Waals surface area contributed by atoms with Crippen molar-refractivity contribution < 1.29 is 0 Å². The number of nitrogens with zero attached hydrogens (tertiary/aromatic N) is 1. The first-order valence-corrected chi connectivity index (χ1v) is 5.10. The first-order chi connectivity index (χ1) is 7.29. The van der Waals surface area contributed by atoms with Crippen LogP contribution in [0.25, 0.3) is 10.2 Å². The molecule has 15 heavy (non-hydrogen) atoms. The Hall–Kier alpha value is -2.04. The summed E-state index contributed by atoms with van der Waals surface area (Å²) in [7, 11) is 0. The number of H-pyrrole nitrogens is 1. The molecule has 1 heterocycles. The van der Waals surface area contributed by atoms with Gasteiger partial charge in [-0.15, -0.1) is 0 Å². The number of aromatic amines is 1. The van der Waals surface area contributed by atoms with Crippen LogP contribution in [0.3, 0.4) is 0 Å². The smallest absolute Gasteiger partial charge is 0.305 e. The molecule has 0 unspecified atom stereocenters. The monoisotopic (exact) mass is 214 g/mol. The minimum absolute atomic E-state index is 0.0628. The van der Waals surface area contributed by atoms with E-state index in [4.69, 9.17) is 5.26 Å². The van der Waals surface area contributed by atoms with Gasteiger partial charge in [0.15, 0.2) is 0 Å². The Morgan fingerprint density at radius 1 is 1.47 bits per heavy atom. The average Bonchev–Trinajstić information content (AvgIpc) is 2.57. The third-order valence-electron chi connectivity index (χ3n) is 1.82. The molecule has 0 aliphatic rings. The number of hydrogen-bond acceptors (Lipinski definition) is 3. The molecule has 0 saturated heterocycles. The number of nitriles is 1. The summed E-state index contributed by atoms with van der Waals surface area (Å²) in [5.74, 6) is 5.59. The lowest BCUT2D eigenvalue weighted by molar-refractivity contribution is 1.39. The molecule has 0 aliphatic carbocycles. The van der Waals surface area contributed by atoms with Crippen molar-refractivity contribution in [3.8, 4) is 17.9 Å². The van der Waals surface area contributed by atoms with Crippen LogP contribution in [0.2, 0.25) is 0 Å². The van der Waals surface area contributed by atoms with E-state index in [0.29, 0.717) is 0 Å². The van der Waals surface area contributed by atoms with Crippen molar-refractivity contribution >= 4 is 21.6 Å². The molecule has 2 aromatic rings. The highest BCUT2D eigenvalue weighted by molar-refractivity contribution is 7.16. The largest absolute Gasteiger partial charge is 0.312 e. The first-order valence-electron chi connectivity index (χ1n) is 4.28. The van der Waals surface area contributed by atoms with Crippen molar-refractivity contribution in [1.82, 2.24) is 4.98 Å². The Bertz CT molecular complexity index is 649. The molecule has 0 amide bonds. The maximum atomic E-state index is 11.0. The van der Waals surface area contributed by atoms with Gasteiger partial charge < -0.3 is 4.98 Å². The van der Waals surface area contributed by atoms with Gasteiger partial charge in [0.25, 0.3) is 0 Å². The molecule has 0 saturated carbocycles. The van der Waals surface area contributed by atoms with E-state index in [0.717, 1.165) is 27.1 Å². The molecule has 1 N–H and O–H groups in total. The molecule has 3 nitrogen and oxygen atoms in total. The second-order valence-corrected chi connectivity index (χ2v) is 3.88. The zero-order chi connectivity index (χ0) is 10.7. The van der Waals surface area contributed by atoms with Gasteiger partial charge in [-0.1, -0.05) is 23.2 Å². The highest BCUT2D eigenvalue weighted by Gasteiger charge is 1.98. The molecule has 4 heteroatoms. The van der Waals surface area contributed by atoms with E-state index in [9.17, 15) is 4.79 Å². The highest BCUT2D eigenvalue weighted by Crippen LogP contribution is 2.15. The average molecular weight is 214 g/mol. The van der Waals surface area contributed by atoms with E-state index >= 15 is 0 Å². The Balaban J connectivity index is 2.44. The third kappa shape index (κ3) is 2.07. The topological polar surface area (TPSA) is 56.6 Å². The molecule has 0 radical (unpaired) electrons. The maximum absolute atomic E-state index is 11.0. The molecule has 1 aromatic heterocycles. The SMILES string of the molecule is N#CCC#Cc1ccc2[nH]c(=O)sc2c1. The van der Waals surface area contributed by atoms with Crippen LogP contribution in [-0.4, -0.2) is 4.98 Å². The third-order valence-corrected chi connectivity index (χ3v) is 2.67. The number of fused-ring (bicyclic) bond motifs is 1. The summed E-state index contributed by atoms with van der Waals surface area (Å²) in [6.07, 6.45) is 0.224. The zero-order valence-corrected chi connectivity index (χ0v) is 8.52. The molecule has 0 spiro atoms. The molecule has 1 aromatic carbocycles. The lowest BCUT2D eigenvalue weighted by Gasteiger charge is -1.89. The van der Waals surface area contributed by atoms with Crippen LogP contribution in [0.5, 0.6) is 0 Å². The quantitative estimate of drug-likeness (QED) is 0.680. The fourth-order valence-electron chi connectivity index (χ4n) is 1.21. The van der Waals surface area contributed by atoms with E-state index in [2.05, 4.69) is 16.8 Å². The maximum Gasteiger partial charge on any atom is 0.305 e. The fraction of sp³-hybridized carbons (Fsp3) is 0.0909. The summed E-state index contributed by atoms with van der Waals surface area (Å²) in [5, 5.41) is 8.32. The summed E-state index contributed by atoms with van der Waals surface area (Å²) in [5.41, 5.74) is 1.66. The van der Waals surface area contributed by atoms with Crippen molar-refractivity contribution in [2.24, 2.45) is 0 Å². The lowest BCUT2D eigenvalue weighted by Crippen LogP contribution is -1.89. The minimum atomic E-state index is -0.0628. The van der Waals surface area contributed by atoms with Crippen LogP contribution >= 0.6 is 11.3 Å². The fourth-order valence-corrected chi connectivity index (χ4v) is 1.98. The van der Waals surface area contributed by atoms with Gasteiger partial charge in [-0.25, -0.2) is 0 Å². The van der Waals surface area contributed by atoms with E-state index in [1.54, 1.807) is 0 Å². The van der Waals surface area contributed by atoms with E-state index in [1.807, 2.05) is 24.3 Å². The molecule has 0 atom stereocenters.